The van der Waals surface area contributed by atoms with Crippen LogP contribution in [0.2, 0.25) is 0 Å². The van der Waals surface area contributed by atoms with E-state index in [-0.39, 0.29) is 11.8 Å². The second-order valence-corrected chi connectivity index (χ2v) is 3.32. The second-order valence-electron chi connectivity index (χ2n) is 3.32. The molecule has 0 saturated carbocycles. The van der Waals surface area contributed by atoms with E-state index in [0.717, 1.165) is 6.54 Å². The minimum absolute atomic E-state index is 0.218. The highest BCUT2D eigenvalue weighted by Crippen LogP contribution is 2.22. The number of rotatable bonds is 2. The molecule has 0 amide bonds. The van der Waals surface area contributed by atoms with Crippen LogP contribution < -0.4 is 0 Å². The van der Waals surface area contributed by atoms with Gasteiger partial charge in [0.2, 0.25) is 0 Å². The number of nitrogens with zero attached hydrogens (tertiary/aromatic N) is 1. The number of hydrogen-bond donors (Lipinski definition) is 1. The van der Waals surface area contributed by atoms with Gasteiger partial charge in [-0.1, -0.05) is 12.8 Å². The monoisotopic (exact) mass is 167 g/mol. The van der Waals surface area contributed by atoms with E-state index < -0.39 is 5.97 Å². The van der Waals surface area contributed by atoms with Crippen molar-refractivity contribution in [2.75, 3.05) is 19.6 Å². The van der Waals surface area contributed by atoms with Gasteiger partial charge in [0.1, 0.15) is 0 Å². The molecule has 66 valence electrons. The van der Waals surface area contributed by atoms with Gasteiger partial charge in [0.25, 0.3) is 0 Å². The lowest BCUT2D eigenvalue weighted by Crippen LogP contribution is -2.23. The van der Waals surface area contributed by atoms with Crippen molar-refractivity contribution in [3.05, 3.63) is 0 Å². The third-order valence-corrected chi connectivity index (χ3v) is 2.32. The molecule has 2 unspecified atom stereocenters. The molecule has 1 aliphatic rings. The molecule has 0 aromatic heterocycles. The Morgan fingerprint density at radius 2 is 2.42 bits per heavy atom. The molecule has 1 aliphatic heterocycles. The van der Waals surface area contributed by atoms with Crippen LogP contribution >= 0.6 is 0 Å². The predicted molar refractivity (Wildman–Crippen MR) is 45.6 cm³/mol. The average Bonchev–Trinajstić information content (AvgIpc) is 2.32. The standard InChI is InChI=1S/C9H13NO2/c1-3-4-10-5-7(2)8(6-10)9(11)12/h1,7-8H,4-6H2,2H3,(H,11,12). The Hall–Kier alpha value is -1.01. The summed E-state index contributed by atoms with van der Waals surface area (Å²) in [5.74, 6) is 1.80. The molecule has 12 heavy (non-hydrogen) atoms. The number of aliphatic carboxylic acids is 1. The highest BCUT2D eigenvalue weighted by atomic mass is 16.4. The van der Waals surface area contributed by atoms with Gasteiger partial charge < -0.3 is 5.11 Å². The van der Waals surface area contributed by atoms with Crippen LogP contribution in [0, 0.1) is 24.2 Å². The number of carboxylic acid groups (broad SMARTS) is 1. The smallest absolute Gasteiger partial charge is 0.308 e. The van der Waals surface area contributed by atoms with Gasteiger partial charge in [-0.3, -0.25) is 9.69 Å². The minimum atomic E-state index is -0.706. The molecule has 2 atom stereocenters. The maximum Gasteiger partial charge on any atom is 0.308 e. The molecule has 3 nitrogen and oxygen atoms in total. The Morgan fingerprint density at radius 1 is 1.75 bits per heavy atom. The van der Waals surface area contributed by atoms with Crippen LogP contribution in [0.25, 0.3) is 0 Å². The van der Waals surface area contributed by atoms with E-state index in [0.29, 0.717) is 13.1 Å². The van der Waals surface area contributed by atoms with E-state index in [9.17, 15) is 4.79 Å². The van der Waals surface area contributed by atoms with Gasteiger partial charge in [-0.25, -0.2) is 0 Å². The molecule has 1 heterocycles. The summed E-state index contributed by atoms with van der Waals surface area (Å²) >= 11 is 0. The molecule has 0 aliphatic carbocycles. The van der Waals surface area contributed by atoms with Gasteiger partial charge >= 0.3 is 5.97 Å². The molecule has 0 radical (unpaired) electrons. The summed E-state index contributed by atoms with van der Waals surface area (Å²) in [4.78, 5) is 12.7. The summed E-state index contributed by atoms with van der Waals surface area (Å²) in [5.41, 5.74) is 0. The fourth-order valence-electron chi connectivity index (χ4n) is 1.65. The highest BCUT2D eigenvalue weighted by Gasteiger charge is 2.33. The Bertz CT molecular complexity index is 219. The number of likely N-dealkylation sites (tertiary alicyclic amines) is 1. The van der Waals surface area contributed by atoms with Crippen molar-refractivity contribution in [1.29, 1.82) is 0 Å². The van der Waals surface area contributed by atoms with Crippen LogP contribution in [-0.4, -0.2) is 35.6 Å². The molecule has 0 spiro atoms. The predicted octanol–water partition coefficient (Wildman–Crippen LogP) is 0.272. The summed E-state index contributed by atoms with van der Waals surface area (Å²) in [6.07, 6.45) is 5.14. The number of carbonyl (C=O) groups is 1. The van der Waals surface area contributed by atoms with Crippen LogP contribution in [0.3, 0.4) is 0 Å². The normalized spacial score (nSPS) is 30.0. The van der Waals surface area contributed by atoms with E-state index in [1.54, 1.807) is 0 Å². The Kier molecular flexibility index (Phi) is 2.72. The quantitative estimate of drug-likeness (QED) is 0.600. The van der Waals surface area contributed by atoms with E-state index in [4.69, 9.17) is 11.5 Å². The molecular weight excluding hydrogens is 154 g/mol. The molecular formula is C9H13NO2. The Labute approximate surface area is 72.4 Å². The number of hydrogen-bond acceptors (Lipinski definition) is 2. The van der Waals surface area contributed by atoms with E-state index >= 15 is 0 Å². The lowest BCUT2D eigenvalue weighted by molar-refractivity contribution is -0.142. The van der Waals surface area contributed by atoms with Gasteiger partial charge in [0.15, 0.2) is 0 Å². The topological polar surface area (TPSA) is 40.5 Å². The van der Waals surface area contributed by atoms with Crippen LogP contribution in [0.5, 0.6) is 0 Å². The summed E-state index contributed by atoms with van der Waals surface area (Å²) in [6, 6.07) is 0. The summed E-state index contributed by atoms with van der Waals surface area (Å²) in [7, 11) is 0. The Morgan fingerprint density at radius 3 is 2.83 bits per heavy atom. The molecule has 1 saturated heterocycles. The SMILES string of the molecule is C#CCN1CC(C)C(C(=O)O)C1. The van der Waals surface area contributed by atoms with Gasteiger partial charge in [0, 0.05) is 13.1 Å². The van der Waals surface area contributed by atoms with E-state index in [2.05, 4.69) is 5.92 Å². The third-order valence-electron chi connectivity index (χ3n) is 2.32. The molecule has 0 aromatic rings. The van der Waals surface area contributed by atoms with Crippen molar-refractivity contribution < 1.29 is 9.90 Å². The van der Waals surface area contributed by atoms with Crippen LogP contribution in [0.4, 0.5) is 0 Å². The first-order valence-corrected chi connectivity index (χ1v) is 4.03. The van der Waals surface area contributed by atoms with Gasteiger partial charge in [0.05, 0.1) is 12.5 Å². The lowest BCUT2D eigenvalue weighted by atomic mass is 9.99. The Balaban J connectivity index is 2.51. The highest BCUT2D eigenvalue weighted by molar-refractivity contribution is 5.71. The first kappa shape index (κ1) is 9.08. The largest absolute Gasteiger partial charge is 0.481 e. The molecule has 0 bridgehead atoms. The van der Waals surface area contributed by atoms with Crippen molar-refractivity contribution in [3.63, 3.8) is 0 Å². The molecule has 0 aromatic carbocycles. The van der Waals surface area contributed by atoms with Crippen molar-refractivity contribution in [2.45, 2.75) is 6.92 Å². The molecule has 1 fully saturated rings. The van der Waals surface area contributed by atoms with Crippen molar-refractivity contribution >= 4 is 5.97 Å². The maximum atomic E-state index is 10.7. The van der Waals surface area contributed by atoms with Gasteiger partial charge in [-0.05, 0) is 5.92 Å². The lowest BCUT2D eigenvalue weighted by Gasteiger charge is -2.09. The summed E-state index contributed by atoms with van der Waals surface area (Å²) < 4.78 is 0. The first-order chi connectivity index (χ1) is 5.65. The fraction of sp³-hybridized carbons (Fsp3) is 0.667. The molecule has 3 heteroatoms. The van der Waals surface area contributed by atoms with Crippen LogP contribution in [0.15, 0.2) is 0 Å². The zero-order valence-electron chi connectivity index (χ0n) is 7.16. The fourth-order valence-corrected chi connectivity index (χ4v) is 1.65. The maximum absolute atomic E-state index is 10.7. The van der Waals surface area contributed by atoms with E-state index in [1.807, 2.05) is 11.8 Å². The first-order valence-electron chi connectivity index (χ1n) is 4.03. The van der Waals surface area contributed by atoms with Crippen molar-refractivity contribution in [1.82, 2.24) is 4.90 Å². The van der Waals surface area contributed by atoms with Crippen molar-refractivity contribution in [2.24, 2.45) is 11.8 Å². The molecule has 1 N–H and O–H groups in total. The zero-order chi connectivity index (χ0) is 9.14. The van der Waals surface area contributed by atoms with Gasteiger partial charge in [-0.2, -0.15) is 0 Å². The van der Waals surface area contributed by atoms with Crippen molar-refractivity contribution in [3.8, 4) is 12.3 Å². The van der Waals surface area contributed by atoms with E-state index in [1.165, 1.54) is 0 Å². The third kappa shape index (κ3) is 1.77. The van der Waals surface area contributed by atoms with Crippen LogP contribution in [-0.2, 0) is 4.79 Å². The summed E-state index contributed by atoms with van der Waals surface area (Å²) in [5, 5.41) is 8.79. The van der Waals surface area contributed by atoms with Gasteiger partial charge in [-0.15, -0.1) is 6.42 Å². The number of terminal acetylenes is 1. The average molecular weight is 167 g/mol. The summed E-state index contributed by atoms with van der Waals surface area (Å²) in [6.45, 7) is 3.92. The zero-order valence-corrected chi connectivity index (χ0v) is 7.16. The number of carboxylic acids is 1. The van der Waals surface area contributed by atoms with Crippen LogP contribution in [0.1, 0.15) is 6.92 Å². The minimum Gasteiger partial charge on any atom is -0.481 e. The molecule has 1 rings (SSSR count). The second kappa shape index (κ2) is 3.59.